The molecule has 0 spiro atoms. The molecule has 5 nitrogen and oxygen atoms in total. The first kappa shape index (κ1) is 11.4. The maximum Gasteiger partial charge on any atom is 0.312 e. The fourth-order valence-corrected chi connectivity index (χ4v) is 1.03. The standard InChI is InChI=1S/C8H8F2N2O3/c1-5-6(12(14)15)2-3-7(11-5)8(9,10)4-13/h2-3,13H,4H2,1H3. The number of aliphatic hydroxyl groups is 1. The molecule has 1 rings (SSSR count). The summed E-state index contributed by atoms with van der Waals surface area (Å²) in [5.74, 6) is -3.47. The highest BCUT2D eigenvalue weighted by Crippen LogP contribution is 2.27. The molecular weight excluding hydrogens is 210 g/mol. The summed E-state index contributed by atoms with van der Waals surface area (Å²) in [4.78, 5) is 13.1. The molecule has 0 atom stereocenters. The second kappa shape index (κ2) is 3.85. The zero-order valence-electron chi connectivity index (χ0n) is 7.78. The van der Waals surface area contributed by atoms with Crippen LogP contribution in [0.5, 0.6) is 0 Å². The van der Waals surface area contributed by atoms with Crippen molar-refractivity contribution in [2.75, 3.05) is 6.61 Å². The quantitative estimate of drug-likeness (QED) is 0.614. The van der Waals surface area contributed by atoms with Gasteiger partial charge < -0.3 is 5.11 Å². The third-order valence-electron chi connectivity index (χ3n) is 1.83. The number of halogens is 2. The Morgan fingerprint density at radius 2 is 2.20 bits per heavy atom. The predicted molar refractivity (Wildman–Crippen MR) is 46.6 cm³/mol. The fourth-order valence-electron chi connectivity index (χ4n) is 1.03. The van der Waals surface area contributed by atoms with E-state index in [-0.39, 0.29) is 11.4 Å². The first-order valence-electron chi connectivity index (χ1n) is 3.99. The lowest BCUT2D eigenvalue weighted by Crippen LogP contribution is -2.20. The second-order valence-corrected chi connectivity index (χ2v) is 2.92. The molecule has 0 radical (unpaired) electrons. The van der Waals surface area contributed by atoms with Crippen molar-refractivity contribution in [3.63, 3.8) is 0 Å². The van der Waals surface area contributed by atoms with Gasteiger partial charge in [-0.1, -0.05) is 0 Å². The lowest BCUT2D eigenvalue weighted by molar-refractivity contribution is -0.385. The van der Waals surface area contributed by atoms with Crippen LogP contribution in [-0.4, -0.2) is 21.6 Å². The highest BCUT2D eigenvalue weighted by atomic mass is 19.3. The van der Waals surface area contributed by atoms with Crippen LogP contribution in [0.15, 0.2) is 12.1 Å². The summed E-state index contributed by atoms with van der Waals surface area (Å²) >= 11 is 0. The Kier molecular flexibility index (Phi) is 2.94. The molecule has 0 aliphatic rings. The lowest BCUT2D eigenvalue weighted by atomic mass is 10.2. The Morgan fingerprint density at radius 1 is 1.60 bits per heavy atom. The van der Waals surface area contributed by atoms with E-state index in [0.29, 0.717) is 0 Å². The summed E-state index contributed by atoms with van der Waals surface area (Å²) in [5, 5.41) is 18.8. The molecule has 82 valence electrons. The summed E-state index contributed by atoms with van der Waals surface area (Å²) < 4.78 is 25.8. The number of rotatable bonds is 3. The molecule has 0 fully saturated rings. The fraction of sp³-hybridized carbons (Fsp3) is 0.375. The number of hydrogen-bond donors (Lipinski definition) is 1. The molecule has 7 heteroatoms. The zero-order valence-corrected chi connectivity index (χ0v) is 7.78. The molecule has 0 saturated heterocycles. The average Bonchev–Trinajstić information content (AvgIpc) is 2.17. The van der Waals surface area contributed by atoms with Crippen LogP contribution in [-0.2, 0) is 5.92 Å². The van der Waals surface area contributed by atoms with Crippen LogP contribution in [0.2, 0.25) is 0 Å². The summed E-state index contributed by atoms with van der Waals surface area (Å²) in [7, 11) is 0. The van der Waals surface area contributed by atoms with Gasteiger partial charge in [0.1, 0.15) is 18.0 Å². The van der Waals surface area contributed by atoms with E-state index in [2.05, 4.69) is 4.98 Å². The number of aromatic nitrogens is 1. The van der Waals surface area contributed by atoms with Crippen molar-refractivity contribution in [1.29, 1.82) is 0 Å². The van der Waals surface area contributed by atoms with E-state index >= 15 is 0 Å². The summed E-state index contributed by atoms with van der Waals surface area (Å²) in [5.41, 5.74) is -1.11. The second-order valence-electron chi connectivity index (χ2n) is 2.92. The maximum absolute atomic E-state index is 12.9. The minimum atomic E-state index is -3.47. The first-order valence-corrected chi connectivity index (χ1v) is 3.99. The molecular formula is C8H8F2N2O3. The highest BCUT2D eigenvalue weighted by Gasteiger charge is 2.33. The van der Waals surface area contributed by atoms with Gasteiger partial charge in [0, 0.05) is 6.07 Å². The third-order valence-corrected chi connectivity index (χ3v) is 1.83. The van der Waals surface area contributed by atoms with Gasteiger partial charge in [0.25, 0.3) is 5.69 Å². The molecule has 0 unspecified atom stereocenters. The van der Waals surface area contributed by atoms with Crippen LogP contribution in [0, 0.1) is 17.0 Å². The molecule has 0 amide bonds. The van der Waals surface area contributed by atoms with Crippen LogP contribution in [0.1, 0.15) is 11.4 Å². The number of aryl methyl sites for hydroxylation is 1. The van der Waals surface area contributed by atoms with Gasteiger partial charge in [0.15, 0.2) is 0 Å². The number of pyridine rings is 1. The van der Waals surface area contributed by atoms with Crippen molar-refractivity contribution in [3.05, 3.63) is 33.6 Å². The molecule has 0 bridgehead atoms. The van der Waals surface area contributed by atoms with E-state index in [0.717, 1.165) is 12.1 Å². The van der Waals surface area contributed by atoms with Crippen LogP contribution >= 0.6 is 0 Å². The van der Waals surface area contributed by atoms with E-state index < -0.39 is 23.1 Å². The van der Waals surface area contributed by atoms with Crippen molar-refractivity contribution in [3.8, 4) is 0 Å². The van der Waals surface area contributed by atoms with Crippen molar-refractivity contribution in [1.82, 2.24) is 4.98 Å². The number of hydrogen-bond acceptors (Lipinski definition) is 4. The third kappa shape index (κ3) is 2.24. The van der Waals surface area contributed by atoms with Gasteiger partial charge in [0.2, 0.25) is 0 Å². The predicted octanol–water partition coefficient (Wildman–Crippen LogP) is 1.38. The van der Waals surface area contributed by atoms with Gasteiger partial charge >= 0.3 is 5.92 Å². The number of nitrogens with zero attached hydrogens (tertiary/aromatic N) is 2. The normalized spacial score (nSPS) is 11.5. The SMILES string of the molecule is Cc1nc(C(F)(F)CO)ccc1[N+](=O)[O-]. The molecule has 0 aliphatic heterocycles. The smallest absolute Gasteiger partial charge is 0.312 e. The Morgan fingerprint density at radius 3 is 2.60 bits per heavy atom. The summed E-state index contributed by atoms with van der Waals surface area (Å²) in [6, 6.07) is 1.78. The van der Waals surface area contributed by atoms with E-state index in [1.165, 1.54) is 6.92 Å². The molecule has 1 aromatic rings. The van der Waals surface area contributed by atoms with E-state index in [9.17, 15) is 18.9 Å². The molecule has 1 aromatic heterocycles. The molecule has 1 heterocycles. The highest BCUT2D eigenvalue weighted by molar-refractivity contribution is 5.36. The van der Waals surface area contributed by atoms with Crippen molar-refractivity contribution in [2.24, 2.45) is 0 Å². The molecule has 1 N–H and O–H groups in total. The Labute approximate surface area is 83.5 Å². The van der Waals surface area contributed by atoms with Crippen molar-refractivity contribution < 1.29 is 18.8 Å². The monoisotopic (exact) mass is 218 g/mol. The van der Waals surface area contributed by atoms with Gasteiger partial charge in [-0.2, -0.15) is 8.78 Å². The van der Waals surface area contributed by atoms with Crippen LogP contribution in [0.4, 0.5) is 14.5 Å². The summed E-state index contributed by atoms with van der Waals surface area (Å²) in [6.07, 6.45) is 0. The largest absolute Gasteiger partial charge is 0.390 e. The Balaban J connectivity index is 3.18. The number of alkyl halides is 2. The molecule has 15 heavy (non-hydrogen) atoms. The Bertz CT molecular complexity index is 395. The summed E-state index contributed by atoms with van der Waals surface area (Å²) in [6.45, 7) is -0.119. The average molecular weight is 218 g/mol. The number of nitro groups is 1. The van der Waals surface area contributed by atoms with Crippen LogP contribution in [0.3, 0.4) is 0 Å². The van der Waals surface area contributed by atoms with Gasteiger partial charge in [-0.25, -0.2) is 4.98 Å². The van der Waals surface area contributed by atoms with Crippen LogP contribution < -0.4 is 0 Å². The van der Waals surface area contributed by atoms with Gasteiger partial charge in [-0.3, -0.25) is 10.1 Å². The first-order chi connectivity index (χ1) is 6.88. The zero-order chi connectivity index (χ0) is 11.6. The number of aliphatic hydroxyl groups excluding tert-OH is 1. The topological polar surface area (TPSA) is 76.3 Å². The van der Waals surface area contributed by atoms with E-state index in [1.807, 2.05) is 0 Å². The maximum atomic E-state index is 12.9. The van der Waals surface area contributed by atoms with Crippen molar-refractivity contribution >= 4 is 5.69 Å². The molecule has 0 aromatic carbocycles. The van der Waals surface area contributed by atoms with Gasteiger partial charge in [0.05, 0.1) is 4.92 Å². The minimum Gasteiger partial charge on any atom is -0.390 e. The van der Waals surface area contributed by atoms with Crippen LogP contribution in [0.25, 0.3) is 0 Å². The van der Waals surface area contributed by atoms with Gasteiger partial charge in [-0.05, 0) is 13.0 Å². The minimum absolute atomic E-state index is 0.106. The van der Waals surface area contributed by atoms with Gasteiger partial charge in [-0.15, -0.1) is 0 Å². The van der Waals surface area contributed by atoms with E-state index in [4.69, 9.17) is 5.11 Å². The van der Waals surface area contributed by atoms with E-state index in [1.54, 1.807) is 0 Å². The lowest BCUT2D eigenvalue weighted by Gasteiger charge is -2.12. The molecule has 0 aliphatic carbocycles. The molecule has 0 saturated carbocycles. The Hall–Kier alpha value is -1.63. The van der Waals surface area contributed by atoms with Crippen molar-refractivity contribution in [2.45, 2.75) is 12.8 Å².